The van der Waals surface area contributed by atoms with Gasteiger partial charge in [-0.2, -0.15) is 5.10 Å². The topological polar surface area (TPSA) is 52.7 Å². The van der Waals surface area contributed by atoms with E-state index in [0.717, 1.165) is 18.9 Å². The van der Waals surface area contributed by atoms with Crippen molar-refractivity contribution in [2.24, 2.45) is 5.41 Å². The minimum absolute atomic E-state index is 0.313. The summed E-state index contributed by atoms with van der Waals surface area (Å²) in [5, 5.41) is 14.9. The quantitative estimate of drug-likeness (QED) is 0.768. The number of fused-ring (bicyclic) bond motifs is 1. The van der Waals surface area contributed by atoms with Crippen LogP contribution in [0.25, 0.3) is 0 Å². The fourth-order valence-corrected chi connectivity index (χ4v) is 3.50. The van der Waals surface area contributed by atoms with E-state index in [1.807, 2.05) is 0 Å². The van der Waals surface area contributed by atoms with Crippen LogP contribution in [0, 0.1) is 5.41 Å². The molecule has 19 heavy (non-hydrogen) atoms. The van der Waals surface area contributed by atoms with Gasteiger partial charge in [-0.15, -0.1) is 0 Å². The molecule has 3 rings (SSSR count). The van der Waals surface area contributed by atoms with Gasteiger partial charge < -0.3 is 10.6 Å². The predicted octanol–water partition coefficient (Wildman–Crippen LogP) is 2.65. The Hall–Kier alpha value is -1.03. The van der Waals surface area contributed by atoms with Crippen molar-refractivity contribution in [1.29, 1.82) is 0 Å². The Labute approximate surface area is 115 Å². The average Bonchev–Trinajstić information content (AvgIpc) is 2.98. The Balaban J connectivity index is 1.83. The third-order valence-electron chi connectivity index (χ3n) is 4.61. The van der Waals surface area contributed by atoms with Crippen molar-refractivity contribution in [2.45, 2.75) is 58.4 Å². The van der Waals surface area contributed by atoms with Crippen LogP contribution in [0.15, 0.2) is 0 Å². The predicted molar refractivity (Wildman–Crippen MR) is 78.6 cm³/mol. The van der Waals surface area contributed by atoms with E-state index < -0.39 is 0 Å². The molecule has 0 amide bonds. The second-order valence-corrected chi connectivity index (χ2v) is 7.11. The fraction of sp³-hybridized carbons (Fsp3) is 0.800. The molecule has 1 aliphatic heterocycles. The fourth-order valence-electron chi connectivity index (χ4n) is 3.50. The molecule has 1 aromatic heterocycles. The summed E-state index contributed by atoms with van der Waals surface area (Å²) in [6, 6.07) is 0.544. The molecule has 0 spiro atoms. The summed E-state index contributed by atoms with van der Waals surface area (Å²) in [6.07, 6.45) is 4.93. The lowest BCUT2D eigenvalue weighted by Gasteiger charge is -2.33. The van der Waals surface area contributed by atoms with E-state index >= 15 is 0 Å². The molecule has 0 aromatic carbocycles. The highest BCUT2D eigenvalue weighted by Crippen LogP contribution is 2.44. The van der Waals surface area contributed by atoms with Crippen molar-refractivity contribution in [3.8, 4) is 0 Å². The van der Waals surface area contributed by atoms with Gasteiger partial charge >= 0.3 is 0 Å². The van der Waals surface area contributed by atoms with Crippen LogP contribution in [-0.2, 0) is 6.42 Å². The van der Waals surface area contributed by atoms with E-state index in [4.69, 9.17) is 0 Å². The third-order valence-corrected chi connectivity index (χ3v) is 4.61. The number of anilines is 1. The second-order valence-electron chi connectivity index (χ2n) is 7.11. The first-order valence-corrected chi connectivity index (χ1v) is 7.60. The van der Waals surface area contributed by atoms with Crippen molar-refractivity contribution < 1.29 is 0 Å². The molecule has 1 fully saturated rings. The molecule has 106 valence electrons. The monoisotopic (exact) mass is 262 g/mol. The first-order valence-electron chi connectivity index (χ1n) is 7.60. The van der Waals surface area contributed by atoms with E-state index in [9.17, 15) is 0 Å². The summed E-state index contributed by atoms with van der Waals surface area (Å²) < 4.78 is 0. The van der Waals surface area contributed by atoms with Crippen molar-refractivity contribution in [3.05, 3.63) is 11.3 Å². The highest BCUT2D eigenvalue weighted by atomic mass is 15.2. The molecule has 0 radical (unpaired) electrons. The van der Waals surface area contributed by atoms with Crippen LogP contribution >= 0.6 is 0 Å². The number of nitrogens with zero attached hydrogens (tertiary/aromatic N) is 1. The lowest BCUT2D eigenvalue weighted by molar-refractivity contribution is 0.284. The first kappa shape index (κ1) is 13.0. The molecule has 4 heteroatoms. The molecule has 2 atom stereocenters. The minimum atomic E-state index is 0.313. The standard InChI is InChI=1S/C15H26N4/c1-15(2,3)12-6-4-5-11-13(12)18-19-14(11)17-10-7-8-16-9-10/h10,12,16H,4-9H2,1-3H3,(H2,17,18,19). The number of aromatic nitrogens is 2. The van der Waals surface area contributed by atoms with Gasteiger partial charge in [-0.3, -0.25) is 5.10 Å². The molecule has 0 saturated carbocycles. The van der Waals surface area contributed by atoms with Gasteiger partial charge in [-0.05, 0) is 37.6 Å². The summed E-state index contributed by atoms with van der Waals surface area (Å²) >= 11 is 0. The van der Waals surface area contributed by atoms with Crippen LogP contribution in [0.1, 0.15) is 57.2 Å². The maximum atomic E-state index is 4.56. The number of H-pyrrole nitrogens is 1. The third kappa shape index (κ3) is 2.50. The largest absolute Gasteiger partial charge is 0.364 e. The van der Waals surface area contributed by atoms with Crippen LogP contribution in [0.4, 0.5) is 5.82 Å². The molecule has 2 aliphatic rings. The van der Waals surface area contributed by atoms with Gasteiger partial charge in [0.05, 0.1) is 0 Å². The van der Waals surface area contributed by atoms with Crippen molar-refractivity contribution >= 4 is 5.82 Å². The van der Waals surface area contributed by atoms with Crippen LogP contribution < -0.4 is 10.6 Å². The Morgan fingerprint density at radius 3 is 2.79 bits per heavy atom. The Morgan fingerprint density at radius 1 is 1.26 bits per heavy atom. The smallest absolute Gasteiger partial charge is 0.151 e. The summed E-state index contributed by atoms with van der Waals surface area (Å²) in [4.78, 5) is 0. The van der Waals surface area contributed by atoms with Gasteiger partial charge in [0.2, 0.25) is 0 Å². The normalized spacial score (nSPS) is 27.3. The van der Waals surface area contributed by atoms with Crippen LogP contribution in [0.2, 0.25) is 0 Å². The number of rotatable bonds is 2. The highest BCUT2D eigenvalue weighted by molar-refractivity contribution is 5.50. The van der Waals surface area contributed by atoms with Gasteiger partial charge in [0.1, 0.15) is 0 Å². The van der Waals surface area contributed by atoms with Crippen molar-refractivity contribution in [2.75, 3.05) is 18.4 Å². The van der Waals surface area contributed by atoms with Crippen LogP contribution in [-0.4, -0.2) is 29.3 Å². The molecule has 2 unspecified atom stereocenters. The summed E-state index contributed by atoms with van der Waals surface area (Å²) in [5.41, 5.74) is 3.14. The molecular formula is C15H26N4. The molecule has 3 N–H and O–H groups in total. The summed E-state index contributed by atoms with van der Waals surface area (Å²) in [6.45, 7) is 9.18. The van der Waals surface area contributed by atoms with Gasteiger partial charge in [0, 0.05) is 29.8 Å². The molecular weight excluding hydrogens is 236 g/mol. The van der Waals surface area contributed by atoms with E-state index in [1.54, 1.807) is 0 Å². The van der Waals surface area contributed by atoms with E-state index in [2.05, 4.69) is 41.6 Å². The zero-order valence-corrected chi connectivity index (χ0v) is 12.3. The zero-order chi connectivity index (χ0) is 13.5. The number of aromatic amines is 1. The van der Waals surface area contributed by atoms with E-state index in [-0.39, 0.29) is 0 Å². The van der Waals surface area contributed by atoms with Crippen LogP contribution in [0.5, 0.6) is 0 Å². The maximum Gasteiger partial charge on any atom is 0.151 e. The average molecular weight is 262 g/mol. The number of nitrogens with one attached hydrogen (secondary N) is 3. The molecule has 1 aromatic rings. The molecule has 2 heterocycles. The Kier molecular flexibility index (Phi) is 3.29. The summed E-state index contributed by atoms with van der Waals surface area (Å²) in [5.74, 6) is 1.72. The molecule has 1 saturated heterocycles. The van der Waals surface area contributed by atoms with E-state index in [1.165, 1.54) is 36.9 Å². The van der Waals surface area contributed by atoms with Gasteiger partial charge in [-0.25, -0.2) is 0 Å². The van der Waals surface area contributed by atoms with E-state index in [0.29, 0.717) is 17.4 Å². The maximum absolute atomic E-state index is 4.56. The number of hydrogen-bond donors (Lipinski definition) is 3. The number of hydrogen-bond acceptors (Lipinski definition) is 3. The lowest BCUT2D eigenvalue weighted by atomic mass is 9.72. The Morgan fingerprint density at radius 2 is 2.11 bits per heavy atom. The van der Waals surface area contributed by atoms with Crippen LogP contribution in [0.3, 0.4) is 0 Å². The Bertz CT molecular complexity index is 437. The molecule has 1 aliphatic carbocycles. The van der Waals surface area contributed by atoms with Gasteiger partial charge in [-0.1, -0.05) is 20.8 Å². The second kappa shape index (κ2) is 4.82. The van der Waals surface area contributed by atoms with Crippen molar-refractivity contribution in [3.63, 3.8) is 0 Å². The van der Waals surface area contributed by atoms with Gasteiger partial charge in [0.25, 0.3) is 0 Å². The zero-order valence-electron chi connectivity index (χ0n) is 12.3. The highest BCUT2D eigenvalue weighted by Gasteiger charge is 2.33. The van der Waals surface area contributed by atoms with Gasteiger partial charge in [0.15, 0.2) is 5.82 Å². The summed E-state index contributed by atoms with van der Waals surface area (Å²) in [7, 11) is 0. The minimum Gasteiger partial charge on any atom is -0.364 e. The van der Waals surface area contributed by atoms with Crippen molar-refractivity contribution in [1.82, 2.24) is 15.5 Å². The molecule has 4 nitrogen and oxygen atoms in total. The SMILES string of the molecule is CC(C)(C)C1CCCc2c(NC3CCNC3)n[nH]c21. The molecule has 0 bridgehead atoms. The first-order chi connectivity index (χ1) is 9.05. The lowest BCUT2D eigenvalue weighted by Crippen LogP contribution is -2.25.